The molecular formula is C12H18ClN3O. The second kappa shape index (κ2) is 5.10. The fourth-order valence-electron chi connectivity index (χ4n) is 2.30. The second-order valence-corrected chi connectivity index (χ2v) is 4.97. The molecule has 94 valence electrons. The molecule has 1 aromatic heterocycles. The van der Waals surface area contributed by atoms with Gasteiger partial charge in [-0.2, -0.15) is 0 Å². The van der Waals surface area contributed by atoms with Gasteiger partial charge in [0.05, 0.1) is 5.02 Å². The Morgan fingerprint density at radius 2 is 2.35 bits per heavy atom. The van der Waals surface area contributed by atoms with E-state index in [0.717, 1.165) is 25.9 Å². The third-order valence-electron chi connectivity index (χ3n) is 3.31. The van der Waals surface area contributed by atoms with Gasteiger partial charge in [-0.25, -0.2) is 0 Å². The lowest BCUT2D eigenvalue weighted by atomic mass is 10.1. The highest BCUT2D eigenvalue weighted by molar-refractivity contribution is 6.31. The van der Waals surface area contributed by atoms with Crippen molar-refractivity contribution in [3.8, 4) is 0 Å². The number of rotatable bonds is 2. The number of hydrogen-bond donors (Lipinski definition) is 1. The molecule has 1 amide bonds. The third-order valence-corrected chi connectivity index (χ3v) is 3.51. The van der Waals surface area contributed by atoms with Gasteiger partial charge in [0.1, 0.15) is 5.69 Å². The summed E-state index contributed by atoms with van der Waals surface area (Å²) < 4.78 is 1.79. The second-order valence-electron chi connectivity index (χ2n) is 4.53. The molecular weight excluding hydrogens is 238 g/mol. The molecule has 0 spiro atoms. The number of amides is 1. The minimum atomic E-state index is 0.0688. The van der Waals surface area contributed by atoms with E-state index in [0.29, 0.717) is 16.8 Å². The molecule has 2 heterocycles. The predicted octanol–water partition coefficient (Wildman–Crippen LogP) is 1.50. The molecule has 1 fully saturated rings. The maximum absolute atomic E-state index is 12.3. The SMILES string of the molecule is CN[C@H]1CCCN(C(=O)c2cc(Cl)cn2C)C1. The van der Waals surface area contributed by atoms with Crippen LogP contribution < -0.4 is 5.32 Å². The number of likely N-dealkylation sites (tertiary alicyclic amines) is 1. The van der Waals surface area contributed by atoms with E-state index in [1.165, 1.54) is 0 Å². The van der Waals surface area contributed by atoms with Crippen molar-refractivity contribution in [1.82, 2.24) is 14.8 Å². The molecule has 1 aliphatic heterocycles. The largest absolute Gasteiger partial charge is 0.345 e. The average Bonchev–Trinajstić information content (AvgIpc) is 2.67. The number of piperidine rings is 1. The Bertz CT molecular complexity index is 416. The molecule has 0 radical (unpaired) electrons. The van der Waals surface area contributed by atoms with Crippen LogP contribution in [-0.2, 0) is 7.05 Å². The average molecular weight is 256 g/mol. The van der Waals surface area contributed by atoms with Crippen LogP contribution >= 0.6 is 11.6 Å². The van der Waals surface area contributed by atoms with Crippen molar-refractivity contribution in [2.45, 2.75) is 18.9 Å². The van der Waals surface area contributed by atoms with Gasteiger partial charge in [0, 0.05) is 32.4 Å². The molecule has 17 heavy (non-hydrogen) atoms. The normalized spacial score (nSPS) is 20.6. The van der Waals surface area contributed by atoms with Crippen LogP contribution in [0.1, 0.15) is 23.3 Å². The smallest absolute Gasteiger partial charge is 0.270 e. The van der Waals surface area contributed by atoms with Gasteiger partial charge in [0.25, 0.3) is 5.91 Å². The summed E-state index contributed by atoms with van der Waals surface area (Å²) in [4.78, 5) is 14.2. The maximum atomic E-state index is 12.3. The lowest BCUT2D eigenvalue weighted by Gasteiger charge is -2.32. The van der Waals surface area contributed by atoms with E-state index in [4.69, 9.17) is 11.6 Å². The van der Waals surface area contributed by atoms with Crippen LogP contribution in [-0.4, -0.2) is 41.6 Å². The highest BCUT2D eigenvalue weighted by atomic mass is 35.5. The van der Waals surface area contributed by atoms with Gasteiger partial charge in [-0.3, -0.25) is 4.79 Å². The summed E-state index contributed by atoms with van der Waals surface area (Å²) >= 11 is 5.90. The molecule has 2 rings (SSSR count). The van der Waals surface area contributed by atoms with Crippen LogP contribution in [0.25, 0.3) is 0 Å². The van der Waals surface area contributed by atoms with Crippen molar-refractivity contribution in [1.29, 1.82) is 0 Å². The first-order valence-corrected chi connectivity index (χ1v) is 6.28. The van der Waals surface area contributed by atoms with E-state index in [1.807, 2.05) is 19.0 Å². The molecule has 1 saturated heterocycles. The summed E-state index contributed by atoms with van der Waals surface area (Å²) in [6.45, 7) is 1.61. The topological polar surface area (TPSA) is 37.3 Å². The Labute approximate surface area is 107 Å². The number of carbonyl (C=O) groups is 1. The standard InChI is InChI=1S/C12H18ClN3O/c1-14-10-4-3-5-16(8-10)12(17)11-6-9(13)7-15(11)2/h6-7,10,14H,3-5,8H2,1-2H3/t10-/m0/s1. The predicted molar refractivity (Wildman–Crippen MR) is 68.4 cm³/mol. The lowest BCUT2D eigenvalue weighted by Crippen LogP contribution is -2.47. The monoisotopic (exact) mass is 255 g/mol. The number of aromatic nitrogens is 1. The molecule has 0 bridgehead atoms. The van der Waals surface area contributed by atoms with Crippen molar-refractivity contribution < 1.29 is 4.79 Å². The summed E-state index contributed by atoms with van der Waals surface area (Å²) in [5, 5.41) is 3.84. The molecule has 5 heteroatoms. The van der Waals surface area contributed by atoms with E-state index in [2.05, 4.69) is 5.32 Å². The molecule has 4 nitrogen and oxygen atoms in total. The first-order valence-electron chi connectivity index (χ1n) is 5.90. The van der Waals surface area contributed by atoms with Gasteiger partial charge in [-0.1, -0.05) is 11.6 Å². The molecule has 0 aliphatic carbocycles. The number of hydrogen-bond acceptors (Lipinski definition) is 2. The zero-order valence-electron chi connectivity index (χ0n) is 10.2. The molecule has 0 unspecified atom stereocenters. The number of halogens is 1. The number of nitrogens with one attached hydrogen (secondary N) is 1. The maximum Gasteiger partial charge on any atom is 0.270 e. The van der Waals surface area contributed by atoms with Crippen molar-refractivity contribution >= 4 is 17.5 Å². The molecule has 0 aromatic carbocycles. The highest BCUT2D eigenvalue weighted by Gasteiger charge is 2.25. The van der Waals surface area contributed by atoms with Crippen molar-refractivity contribution in [2.24, 2.45) is 7.05 Å². The Hall–Kier alpha value is -1.00. The van der Waals surface area contributed by atoms with Crippen LogP contribution in [0.2, 0.25) is 5.02 Å². The van der Waals surface area contributed by atoms with E-state index in [9.17, 15) is 4.79 Å². The summed E-state index contributed by atoms with van der Waals surface area (Å²) in [6.07, 6.45) is 3.94. The van der Waals surface area contributed by atoms with E-state index in [-0.39, 0.29) is 5.91 Å². The van der Waals surface area contributed by atoms with Gasteiger partial charge < -0.3 is 14.8 Å². The van der Waals surface area contributed by atoms with Crippen LogP contribution in [0.15, 0.2) is 12.3 Å². The van der Waals surface area contributed by atoms with Gasteiger partial charge in [0.2, 0.25) is 0 Å². The van der Waals surface area contributed by atoms with Crippen LogP contribution in [0, 0.1) is 0 Å². The quantitative estimate of drug-likeness (QED) is 0.870. The minimum Gasteiger partial charge on any atom is -0.345 e. The van der Waals surface area contributed by atoms with E-state index < -0.39 is 0 Å². The van der Waals surface area contributed by atoms with Gasteiger partial charge in [0.15, 0.2) is 0 Å². The molecule has 1 N–H and O–H groups in total. The van der Waals surface area contributed by atoms with Gasteiger partial charge >= 0.3 is 0 Å². The Morgan fingerprint density at radius 3 is 2.94 bits per heavy atom. The fraction of sp³-hybridized carbons (Fsp3) is 0.583. The molecule has 1 atom stereocenters. The Morgan fingerprint density at radius 1 is 1.59 bits per heavy atom. The Balaban J connectivity index is 2.12. The van der Waals surface area contributed by atoms with Crippen LogP contribution in [0.3, 0.4) is 0 Å². The van der Waals surface area contributed by atoms with Crippen LogP contribution in [0.5, 0.6) is 0 Å². The Kier molecular flexibility index (Phi) is 3.74. The fourth-order valence-corrected chi connectivity index (χ4v) is 2.55. The molecule has 0 saturated carbocycles. The minimum absolute atomic E-state index is 0.0688. The highest BCUT2D eigenvalue weighted by Crippen LogP contribution is 2.17. The van der Waals surface area contributed by atoms with Crippen molar-refractivity contribution in [3.05, 3.63) is 23.0 Å². The zero-order chi connectivity index (χ0) is 12.4. The van der Waals surface area contributed by atoms with Gasteiger partial charge in [-0.15, -0.1) is 0 Å². The summed E-state index contributed by atoms with van der Waals surface area (Å²) in [6, 6.07) is 2.14. The lowest BCUT2D eigenvalue weighted by molar-refractivity contribution is 0.0688. The zero-order valence-corrected chi connectivity index (χ0v) is 11.0. The molecule has 1 aromatic rings. The third kappa shape index (κ3) is 2.64. The van der Waals surface area contributed by atoms with Crippen LogP contribution in [0.4, 0.5) is 0 Å². The number of aryl methyl sites for hydroxylation is 1. The summed E-state index contributed by atoms with van der Waals surface area (Å²) in [7, 11) is 3.79. The summed E-state index contributed by atoms with van der Waals surface area (Å²) in [5.74, 6) is 0.0688. The van der Waals surface area contributed by atoms with Gasteiger partial charge in [-0.05, 0) is 26.0 Å². The summed E-state index contributed by atoms with van der Waals surface area (Å²) in [5.41, 5.74) is 0.659. The first kappa shape index (κ1) is 12.5. The first-order chi connectivity index (χ1) is 8.11. The number of carbonyl (C=O) groups excluding carboxylic acids is 1. The number of likely N-dealkylation sites (N-methyl/N-ethyl adjacent to an activating group) is 1. The molecule has 1 aliphatic rings. The van der Waals surface area contributed by atoms with Crippen molar-refractivity contribution in [3.63, 3.8) is 0 Å². The number of nitrogens with zero attached hydrogens (tertiary/aromatic N) is 2. The van der Waals surface area contributed by atoms with E-state index in [1.54, 1.807) is 16.8 Å². The van der Waals surface area contributed by atoms with Crippen molar-refractivity contribution in [2.75, 3.05) is 20.1 Å². The van der Waals surface area contributed by atoms with E-state index >= 15 is 0 Å².